The van der Waals surface area contributed by atoms with Gasteiger partial charge in [0.05, 0.1) is 5.69 Å². The van der Waals surface area contributed by atoms with Gasteiger partial charge in [-0.25, -0.2) is 4.98 Å². The molecular formula is C19H28Cl2N4OS. The van der Waals surface area contributed by atoms with Crippen LogP contribution in [-0.4, -0.2) is 52.9 Å². The van der Waals surface area contributed by atoms with Crippen LogP contribution in [0.15, 0.2) is 35.7 Å². The Morgan fingerprint density at radius 1 is 1.19 bits per heavy atom. The maximum atomic E-state index is 12.2. The number of halogens is 2. The molecule has 1 atom stereocenters. The van der Waals surface area contributed by atoms with Crippen LogP contribution in [0.3, 0.4) is 0 Å². The summed E-state index contributed by atoms with van der Waals surface area (Å²) in [5.74, 6) is 0.233. The normalized spacial score (nSPS) is 15.6. The summed E-state index contributed by atoms with van der Waals surface area (Å²) in [6.45, 7) is 6.21. The average molecular weight is 431 g/mol. The van der Waals surface area contributed by atoms with E-state index in [1.54, 1.807) is 11.3 Å². The van der Waals surface area contributed by atoms with Gasteiger partial charge in [-0.1, -0.05) is 30.3 Å². The molecule has 27 heavy (non-hydrogen) atoms. The predicted octanol–water partition coefficient (Wildman–Crippen LogP) is 3.43. The third-order valence-corrected chi connectivity index (χ3v) is 5.44. The number of aromatic nitrogens is 1. The second-order valence-electron chi connectivity index (χ2n) is 6.68. The molecule has 1 saturated heterocycles. The molecule has 0 spiro atoms. The Hall–Kier alpha value is -1.18. The number of nitrogens with two attached hydrogens (primary N) is 1. The minimum atomic E-state index is 0. The summed E-state index contributed by atoms with van der Waals surface area (Å²) in [5.41, 5.74) is 8.02. The Morgan fingerprint density at radius 2 is 1.85 bits per heavy atom. The summed E-state index contributed by atoms with van der Waals surface area (Å²) in [6.07, 6.45) is 1.32. The van der Waals surface area contributed by atoms with Gasteiger partial charge in [-0.15, -0.1) is 36.2 Å². The van der Waals surface area contributed by atoms with Crippen LogP contribution < -0.4 is 5.73 Å². The van der Waals surface area contributed by atoms with Crippen molar-refractivity contribution in [3.63, 3.8) is 0 Å². The van der Waals surface area contributed by atoms with Gasteiger partial charge in [0.1, 0.15) is 5.01 Å². The van der Waals surface area contributed by atoms with E-state index in [1.165, 1.54) is 5.56 Å². The number of benzene rings is 1. The summed E-state index contributed by atoms with van der Waals surface area (Å²) in [7, 11) is 0. The first-order chi connectivity index (χ1) is 12.1. The number of piperazine rings is 1. The maximum Gasteiger partial charge on any atom is 0.222 e. The highest BCUT2D eigenvalue weighted by Crippen LogP contribution is 2.24. The van der Waals surface area contributed by atoms with E-state index in [2.05, 4.69) is 22.4 Å². The molecule has 3 rings (SSSR count). The van der Waals surface area contributed by atoms with Gasteiger partial charge < -0.3 is 10.6 Å². The quantitative estimate of drug-likeness (QED) is 0.762. The van der Waals surface area contributed by atoms with E-state index in [4.69, 9.17) is 10.7 Å². The van der Waals surface area contributed by atoms with Gasteiger partial charge in [0.15, 0.2) is 0 Å². The molecule has 5 nitrogen and oxygen atoms in total. The van der Waals surface area contributed by atoms with Crippen LogP contribution in [-0.2, 0) is 11.3 Å². The Morgan fingerprint density at radius 3 is 2.48 bits per heavy atom. The van der Waals surface area contributed by atoms with Crippen molar-refractivity contribution in [3.05, 3.63) is 41.4 Å². The highest BCUT2D eigenvalue weighted by Gasteiger charge is 2.21. The standard InChI is InChI=1S/C19H26N4OS.2ClH/c1-15(20)7-8-18(24)23-11-9-22(10-12-23)13-17-14-25-19(21-17)16-5-3-2-4-6-16;;/h2-6,14-15H,7-13,20H2,1H3;2*1H. The van der Waals surface area contributed by atoms with Crippen molar-refractivity contribution in [2.75, 3.05) is 26.2 Å². The van der Waals surface area contributed by atoms with Crippen molar-refractivity contribution in [2.24, 2.45) is 5.73 Å². The molecule has 0 bridgehead atoms. The van der Waals surface area contributed by atoms with Gasteiger partial charge in [-0.2, -0.15) is 0 Å². The van der Waals surface area contributed by atoms with Crippen LogP contribution in [0, 0.1) is 0 Å². The molecule has 1 aliphatic rings. The molecule has 150 valence electrons. The monoisotopic (exact) mass is 430 g/mol. The largest absolute Gasteiger partial charge is 0.340 e. The molecular weight excluding hydrogens is 403 g/mol. The topological polar surface area (TPSA) is 62.5 Å². The zero-order valence-electron chi connectivity index (χ0n) is 15.5. The van der Waals surface area contributed by atoms with E-state index in [0.29, 0.717) is 6.42 Å². The number of amides is 1. The maximum absolute atomic E-state index is 12.2. The number of hydrogen-bond acceptors (Lipinski definition) is 5. The molecule has 1 aromatic heterocycles. The average Bonchev–Trinajstić information content (AvgIpc) is 3.09. The van der Waals surface area contributed by atoms with E-state index >= 15 is 0 Å². The Labute approximate surface area is 177 Å². The summed E-state index contributed by atoms with van der Waals surface area (Å²) in [4.78, 5) is 21.3. The second-order valence-corrected chi connectivity index (χ2v) is 7.54. The molecule has 2 aromatic rings. The molecule has 0 saturated carbocycles. The fourth-order valence-corrected chi connectivity index (χ4v) is 3.80. The van der Waals surface area contributed by atoms with E-state index in [1.807, 2.05) is 30.0 Å². The molecule has 2 N–H and O–H groups in total. The number of nitrogens with zero attached hydrogens (tertiary/aromatic N) is 3. The van der Waals surface area contributed by atoms with Crippen LogP contribution in [0.5, 0.6) is 0 Å². The number of carbonyl (C=O) groups is 1. The summed E-state index contributed by atoms with van der Waals surface area (Å²) in [6, 6.07) is 10.4. The van der Waals surface area contributed by atoms with Crippen molar-refractivity contribution in [2.45, 2.75) is 32.4 Å². The van der Waals surface area contributed by atoms with Gasteiger partial charge >= 0.3 is 0 Å². The van der Waals surface area contributed by atoms with Crippen LogP contribution in [0.1, 0.15) is 25.5 Å². The first-order valence-corrected chi connectivity index (χ1v) is 9.75. The third-order valence-electron chi connectivity index (χ3n) is 4.50. The summed E-state index contributed by atoms with van der Waals surface area (Å²) < 4.78 is 0. The van der Waals surface area contributed by atoms with Gasteiger partial charge in [0.25, 0.3) is 0 Å². The number of rotatable bonds is 6. The minimum Gasteiger partial charge on any atom is -0.340 e. The minimum absolute atomic E-state index is 0. The first-order valence-electron chi connectivity index (χ1n) is 8.87. The van der Waals surface area contributed by atoms with Crippen molar-refractivity contribution in [1.82, 2.24) is 14.8 Å². The number of thiazole rings is 1. The van der Waals surface area contributed by atoms with Gasteiger partial charge in [-0.05, 0) is 13.3 Å². The Kier molecular flexibility index (Phi) is 10.3. The van der Waals surface area contributed by atoms with Crippen LogP contribution in [0.2, 0.25) is 0 Å². The molecule has 2 heterocycles. The Bertz CT molecular complexity index is 688. The van der Waals surface area contributed by atoms with E-state index < -0.39 is 0 Å². The lowest BCUT2D eigenvalue weighted by atomic mass is 10.1. The number of hydrogen-bond donors (Lipinski definition) is 1. The van der Waals surface area contributed by atoms with Crippen molar-refractivity contribution >= 4 is 42.1 Å². The fraction of sp³-hybridized carbons (Fsp3) is 0.474. The van der Waals surface area contributed by atoms with Crippen LogP contribution in [0.4, 0.5) is 0 Å². The SMILES string of the molecule is CC(N)CCC(=O)N1CCN(Cc2csc(-c3ccccc3)n2)CC1.Cl.Cl. The number of carbonyl (C=O) groups excluding carboxylic acids is 1. The molecule has 1 amide bonds. The third kappa shape index (κ3) is 7.05. The molecule has 1 aromatic carbocycles. The van der Waals surface area contributed by atoms with Gasteiger partial charge in [0.2, 0.25) is 5.91 Å². The highest BCUT2D eigenvalue weighted by atomic mass is 35.5. The van der Waals surface area contributed by atoms with Crippen molar-refractivity contribution in [3.8, 4) is 10.6 Å². The molecule has 1 aliphatic heterocycles. The molecule has 1 fully saturated rings. The second kappa shape index (κ2) is 11.6. The van der Waals surface area contributed by atoms with E-state index in [-0.39, 0.29) is 36.8 Å². The lowest BCUT2D eigenvalue weighted by Gasteiger charge is -2.34. The molecule has 1 unspecified atom stereocenters. The van der Waals surface area contributed by atoms with Crippen LogP contribution >= 0.6 is 36.2 Å². The fourth-order valence-electron chi connectivity index (χ4n) is 2.99. The first kappa shape index (κ1) is 23.9. The zero-order chi connectivity index (χ0) is 17.6. The summed E-state index contributed by atoms with van der Waals surface area (Å²) >= 11 is 1.69. The molecule has 0 radical (unpaired) electrons. The zero-order valence-corrected chi connectivity index (χ0v) is 18.0. The smallest absolute Gasteiger partial charge is 0.222 e. The highest BCUT2D eigenvalue weighted by molar-refractivity contribution is 7.13. The van der Waals surface area contributed by atoms with Crippen molar-refractivity contribution < 1.29 is 4.79 Å². The molecule has 8 heteroatoms. The molecule has 0 aliphatic carbocycles. The van der Waals surface area contributed by atoms with Gasteiger partial charge in [-0.3, -0.25) is 9.69 Å². The lowest BCUT2D eigenvalue weighted by Crippen LogP contribution is -2.48. The van der Waals surface area contributed by atoms with Crippen molar-refractivity contribution in [1.29, 1.82) is 0 Å². The summed E-state index contributed by atoms with van der Waals surface area (Å²) in [5, 5.41) is 3.21. The lowest BCUT2D eigenvalue weighted by molar-refractivity contribution is -0.133. The van der Waals surface area contributed by atoms with E-state index in [9.17, 15) is 4.79 Å². The van der Waals surface area contributed by atoms with Crippen LogP contribution in [0.25, 0.3) is 10.6 Å². The van der Waals surface area contributed by atoms with E-state index in [0.717, 1.165) is 49.8 Å². The predicted molar refractivity (Wildman–Crippen MR) is 117 cm³/mol. The van der Waals surface area contributed by atoms with Gasteiger partial charge in [0, 0.05) is 56.1 Å². The Balaban J connectivity index is 0.00000182.